The molecule has 0 amide bonds. The second kappa shape index (κ2) is 3.97. The van der Waals surface area contributed by atoms with E-state index in [2.05, 4.69) is 0 Å². The monoisotopic (exact) mass is 252 g/mol. The fourth-order valence-electron chi connectivity index (χ4n) is 0.680. The Morgan fingerprint density at radius 2 is 1.36 bits per heavy atom. The van der Waals surface area contributed by atoms with Crippen molar-refractivity contribution < 1.29 is 44.0 Å². The van der Waals surface area contributed by atoms with Gasteiger partial charge >= 0.3 is 15.2 Å². The molecular weight excluding hydrogens is 242 g/mol. The molecule has 0 aliphatic carbocycles. The first-order chi connectivity index (χ1) is 5.98. The van der Waals surface area contributed by atoms with Crippen LogP contribution in [0.1, 0.15) is 0 Å². The topological polar surface area (TPSA) is 176 Å². The van der Waals surface area contributed by atoms with Crippen LogP contribution in [0.25, 0.3) is 0 Å². The van der Waals surface area contributed by atoms with Crippen LogP contribution in [-0.4, -0.2) is 52.7 Å². The largest absolute Gasteiger partial charge is 0.394 e. The van der Waals surface area contributed by atoms with E-state index in [0.29, 0.717) is 0 Å². The van der Waals surface area contributed by atoms with Gasteiger partial charge in [0.05, 0.1) is 6.61 Å². The zero-order chi connectivity index (χ0) is 11.8. The van der Waals surface area contributed by atoms with Gasteiger partial charge in [0.2, 0.25) is 0 Å². The molecule has 86 valence electrons. The Balaban J connectivity index is 5.53. The molecule has 11 heteroatoms. The third-order valence-electron chi connectivity index (χ3n) is 1.48. The van der Waals surface area contributed by atoms with E-state index in [0.717, 1.165) is 0 Å². The predicted molar refractivity (Wildman–Crippen MR) is 42.1 cm³/mol. The first-order valence-electron chi connectivity index (χ1n) is 3.11. The highest BCUT2D eigenvalue weighted by molar-refractivity contribution is 7.72. The molecule has 0 aromatic rings. The van der Waals surface area contributed by atoms with Crippen molar-refractivity contribution in [1.29, 1.82) is 0 Å². The standard InChI is InChI=1S/C3H10O9P2/c4-1-2(5)3(6,13(7,8)9)14(10,11)12/h2,4-6H,1H2,(H2,7,8,9)(H2,10,11,12). The number of rotatable bonds is 4. The summed E-state index contributed by atoms with van der Waals surface area (Å²) in [5.74, 6) is 0. The van der Waals surface area contributed by atoms with Crippen molar-refractivity contribution >= 4 is 15.2 Å². The summed E-state index contributed by atoms with van der Waals surface area (Å²) in [5.41, 5.74) is 0. The van der Waals surface area contributed by atoms with Gasteiger partial charge in [0.1, 0.15) is 6.10 Å². The molecule has 0 saturated carbocycles. The summed E-state index contributed by atoms with van der Waals surface area (Å²) in [7, 11) is -11.4. The highest BCUT2D eigenvalue weighted by atomic mass is 31.2. The number of hydrogen-bond donors (Lipinski definition) is 7. The van der Waals surface area contributed by atoms with Gasteiger partial charge in [-0.3, -0.25) is 9.13 Å². The van der Waals surface area contributed by atoms with Crippen LogP contribution in [0.15, 0.2) is 0 Å². The maximum absolute atomic E-state index is 10.6. The van der Waals surface area contributed by atoms with Crippen LogP contribution >= 0.6 is 15.2 Å². The van der Waals surface area contributed by atoms with Gasteiger partial charge in [-0.1, -0.05) is 0 Å². The van der Waals surface area contributed by atoms with Gasteiger partial charge in [-0.05, 0) is 0 Å². The van der Waals surface area contributed by atoms with Gasteiger partial charge in [-0.2, -0.15) is 0 Å². The van der Waals surface area contributed by atoms with E-state index >= 15 is 0 Å². The van der Waals surface area contributed by atoms with E-state index in [9.17, 15) is 9.13 Å². The molecule has 0 saturated heterocycles. The van der Waals surface area contributed by atoms with Gasteiger partial charge in [-0.15, -0.1) is 0 Å². The minimum atomic E-state index is -5.70. The average molecular weight is 252 g/mol. The Morgan fingerprint density at radius 1 is 1.07 bits per heavy atom. The molecule has 0 fully saturated rings. The van der Waals surface area contributed by atoms with Crippen molar-refractivity contribution in [3.63, 3.8) is 0 Å². The summed E-state index contributed by atoms with van der Waals surface area (Å²) in [5, 5.41) is 22.1. The third kappa shape index (κ3) is 2.22. The Bertz CT molecular complexity index is 264. The SMILES string of the molecule is O=P(O)(O)C(O)(C(O)CO)P(=O)(O)O. The zero-order valence-electron chi connectivity index (χ0n) is 6.63. The van der Waals surface area contributed by atoms with Gasteiger partial charge in [-0.25, -0.2) is 0 Å². The molecule has 0 rings (SSSR count). The van der Waals surface area contributed by atoms with Crippen LogP contribution in [0.2, 0.25) is 0 Å². The molecular formula is C3H10O9P2. The fraction of sp³-hybridized carbons (Fsp3) is 1.00. The highest BCUT2D eigenvalue weighted by Gasteiger charge is 2.64. The Hall–Kier alpha value is 0.180. The van der Waals surface area contributed by atoms with E-state index in [-0.39, 0.29) is 0 Å². The smallest absolute Gasteiger partial charge is 0.372 e. The van der Waals surface area contributed by atoms with Crippen molar-refractivity contribution in [3.05, 3.63) is 0 Å². The van der Waals surface area contributed by atoms with Crippen LogP contribution < -0.4 is 0 Å². The summed E-state index contributed by atoms with van der Waals surface area (Å²) >= 11 is 0. The molecule has 0 aliphatic heterocycles. The Labute approximate surface area is 78.0 Å². The molecule has 0 bridgehead atoms. The summed E-state index contributed by atoms with van der Waals surface area (Å²) in [6.45, 7) is -1.41. The maximum Gasteiger partial charge on any atom is 0.372 e. The summed E-state index contributed by atoms with van der Waals surface area (Å²) < 4.78 is 21.2. The van der Waals surface area contributed by atoms with E-state index < -0.39 is 33.0 Å². The molecule has 7 N–H and O–H groups in total. The number of hydrogen-bond acceptors (Lipinski definition) is 5. The zero-order valence-corrected chi connectivity index (χ0v) is 8.41. The summed E-state index contributed by atoms with van der Waals surface area (Å²) in [6.07, 6.45) is -2.65. The average Bonchev–Trinajstić information content (AvgIpc) is 1.97. The van der Waals surface area contributed by atoms with Crippen LogP contribution in [0.3, 0.4) is 0 Å². The lowest BCUT2D eigenvalue weighted by Gasteiger charge is -2.32. The van der Waals surface area contributed by atoms with Crippen LogP contribution in [-0.2, 0) is 9.13 Å². The van der Waals surface area contributed by atoms with E-state index in [1.54, 1.807) is 0 Å². The quantitative estimate of drug-likeness (QED) is 0.263. The van der Waals surface area contributed by atoms with Gasteiger partial charge in [0.25, 0.3) is 5.08 Å². The molecule has 0 spiro atoms. The first-order valence-corrected chi connectivity index (χ1v) is 6.33. The lowest BCUT2D eigenvalue weighted by atomic mass is 10.4. The second-order valence-corrected chi connectivity index (χ2v) is 6.37. The minimum absolute atomic E-state index is 1.41. The van der Waals surface area contributed by atoms with Crippen molar-refractivity contribution in [2.75, 3.05) is 6.61 Å². The van der Waals surface area contributed by atoms with Crippen molar-refractivity contribution in [2.24, 2.45) is 0 Å². The third-order valence-corrected chi connectivity index (χ3v) is 5.35. The summed E-state index contributed by atoms with van der Waals surface area (Å²) in [6, 6.07) is 0. The van der Waals surface area contributed by atoms with E-state index in [1.165, 1.54) is 0 Å². The lowest BCUT2D eigenvalue weighted by molar-refractivity contribution is -0.0221. The Morgan fingerprint density at radius 3 is 1.43 bits per heavy atom. The molecule has 0 aromatic carbocycles. The first kappa shape index (κ1) is 14.2. The minimum Gasteiger partial charge on any atom is -0.394 e. The molecule has 1 unspecified atom stereocenters. The van der Waals surface area contributed by atoms with E-state index in [1.807, 2.05) is 0 Å². The van der Waals surface area contributed by atoms with Crippen LogP contribution in [0, 0.1) is 0 Å². The van der Waals surface area contributed by atoms with Gasteiger partial charge in [0.15, 0.2) is 0 Å². The Kier molecular flexibility index (Phi) is 4.03. The molecule has 14 heavy (non-hydrogen) atoms. The second-order valence-electron chi connectivity index (χ2n) is 2.47. The van der Waals surface area contributed by atoms with Crippen LogP contribution in [0.4, 0.5) is 0 Å². The normalized spacial score (nSPS) is 16.8. The highest BCUT2D eigenvalue weighted by Crippen LogP contribution is 2.68. The van der Waals surface area contributed by atoms with Gasteiger partial charge in [0, 0.05) is 0 Å². The number of aliphatic hydroxyl groups is 3. The molecule has 0 radical (unpaired) electrons. The molecule has 1 atom stereocenters. The number of aliphatic hydroxyl groups excluding tert-OH is 2. The molecule has 0 aliphatic rings. The predicted octanol–water partition coefficient (Wildman–Crippen LogP) is -2.66. The maximum atomic E-state index is 10.6. The van der Waals surface area contributed by atoms with E-state index in [4.69, 9.17) is 34.9 Å². The van der Waals surface area contributed by atoms with Gasteiger partial charge < -0.3 is 34.9 Å². The molecule has 0 aromatic heterocycles. The fourth-order valence-corrected chi connectivity index (χ4v) is 2.98. The van der Waals surface area contributed by atoms with Crippen molar-refractivity contribution in [2.45, 2.75) is 11.2 Å². The lowest BCUT2D eigenvalue weighted by Crippen LogP contribution is -2.43. The molecule has 9 nitrogen and oxygen atoms in total. The summed E-state index contributed by atoms with van der Waals surface area (Å²) in [4.78, 5) is 33.9. The van der Waals surface area contributed by atoms with Crippen molar-refractivity contribution in [3.8, 4) is 0 Å². The van der Waals surface area contributed by atoms with Crippen molar-refractivity contribution in [1.82, 2.24) is 0 Å². The van der Waals surface area contributed by atoms with Crippen LogP contribution in [0.5, 0.6) is 0 Å². The molecule has 0 heterocycles.